The van der Waals surface area contributed by atoms with Crippen molar-refractivity contribution in [1.82, 2.24) is 4.90 Å². The fourth-order valence-electron chi connectivity index (χ4n) is 3.04. The summed E-state index contributed by atoms with van der Waals surface area (Å²) < 4.78 is 0. The number of thiophene rings is 1. The maximum atomic E-state index is 12.4. The molecule has 0 aromatic carbocycles. The predicted molar refractivity (Wildman–Crippen MR) is 70.0 cm³/mol. The van der Waals surface area contributed by atoms with Crippen LogP contribution in [-0.2, 0) is 17.8 Å². The van der Waals surface area contributed by atoms with Crippen LogP contribution < -0.4 is 0 Å². The zero-order valence-corrected chi connectivity index (χ0v) is 11.0. The Labute approximate surface area is 107 Å². The van der Waals surface area contributed by atoms with Crippen molar-refractivity contribution >= 4 is 17.2 Å². The maximum absolute atomic E-state index is 12.4. The molecule has 2 aliphatic rings. The van der Waals surface area contributed by atoms with Crippen molar-refractivity contribution in [3.05, 3.63) is 21.9 Å². The molecule has 2 nitrogen and oxygen atoms in total. The van der Waals surface area contributed by atoms with Gasteiger partial charge in [-0.1, -0.05) is 19.3 Å². The van der Waals surface area contributed by atoms with Crippen LogP contribution in [0.3, 0.4) is 0 Å². The summed E-state index contributed by atoms with van der Waals surface area (Å²) in [6.07, 6.45) is 7.10. The molecule has 1 aromatic heterocycles. The molecule has 1 saturated carbocycles. The Morgan fingerprint density at radius 2 is 2.12 bits per heavy atom. The van der Waals surface area contributed by atoms with Crippen LogP contribution in [-0.4, -0.2) is 17.4 Å². The Morgan fingerprint density at radius 3 is 2.94 bits per heavy atom. The summed E-state index contributed by atoms with van der Waals surface area (Å²) in [7, 11) is 0. The third kappa shape index (κ3) is 2.25. The lowest BCUT2D eigenvalue weighted by Crippen LogP contribution is -2.39. The number of nitrogens with zero attached hydrogens (tertiary/aromatic N) is 1. The molecule has 0 bridgehead atoms. The van der Waals surface area contributed by atoms with E-state index in [1.165, 1.54) is 29.7 Å². The van der Waals surface area contributed by atoms with Crippen molar-refractivity contribution in [1.29, 1.82) is 0 Å². The van der Waals surface area contributed by atoms with Crippen molar-refractivity contribution < 1.29 is 4.79 Å². The van der Waals surface area contributed by atoms with Crippen LogP contribution in [0, 0.1) is 5.92 Å². The first kappa shape index (κ1) is 11.3. The maximum Gasteiger partial charge on any atom is 0.225 e. The molecule has 17 heavy (non-hydrogen) atoms. The van der Waals surface area contributed by atoms with Gasteiger partial charge in [-0.25, -0.2) is 0 Å². The molecule has 0 atom stereocenters. The Balaban J connectivity index is 1.67. The van der Waals surface area contributed by atoms with Gasteiger partial charge in [0.2, 0.25) is 5.91 Å². The summed E-state index contributed by atoms with van der Waals surface area (Å²) in [4.78, 5) is 16.0. The highest BCUT2D eigenvalue weighted by molar-refractivity contribution is 7.10. The zero-order valence-electron chi connectivity index (χ0n) is 10.2. The molecule has 0 N–H and O–H groups in total. The summed E-state index contributed by atoms with van der Waals surface area (Å²) in [6.45, 7) is 1.79. The average Bonchev–Trinajstić information content (AvgIpc) is 2.86. The van der Waals surface area contributed by atoms with Gasteiger partial charge in [-0.2, -0.15) is 0 Å². The van der Waals surface area contributed by atoms with E-state index in [0.29, 0.717) is 11.8 Å². The van der Waals surface area contributed by atoms with Gasteiger partial charge in [0.15, 0.2) is 0 Å². The quantitative estimate of drug-likeness (QED) is 0.748. The molecule has 1 aromatic rings. The first-order valence-electron chi connectivity index (χ1n) is 6.68. The topological polar surface area (TPSA) is 20.3 Å². The van der Waals surface area contributed by atoms with E-state index in [1.807, 2.05) is 11.3 Å². The summed E-state index contributed by atoms with van der Waals surface area (Å²) in [6, 6.07) is 2.18. The molecule has 1 amide bonds. The number of rotatable bonds is 1. The Morgan fingerprint density at radius 1 is 1.29 bits per heavy atom. The normalized spacial score (nSPS) is 21.3. The molecule has 3 heteroatoms. The highest BCUT2D eigenvalue weighted by atomic mass is 32.1. The summed E-state index contributed by atoms with van der Waals surface area (Å²) in [5, 5.41) is 2.15. The first-order chi connectivity index (χ1) is 8.34. The molecule has 3 rings (SSSR count). The lowest BCUT2D eigenvalue weighted by molar-refractivity contribution is -0.137. The molecule has 0 spiro atoms. The van der Waals surface area contributed by atoms with E-state index in [0.717, 1.165) is 32.4 Å². The molecule has 0 radical (unpaired) electrons. The van der Waals surface area contributed by atoms with Gasteiger partial charge in [0.1, 0.15) is 0 Å². The first-order valence-corrected chi connectivity index (χ1v) is 7.56. The van der Waals surface area contributed by atoms with Gasteiger partial charge in [-0.05, 0) is 36.3 Å². The number of fused-ring (bicyclic) bond motifs is 1. The highest BCUT2D eigenvalue weighted by Gasteiger charge is 2.28. The number of amides is 1. The SMILES string of the molecule is O=C(C1CCCCC1)N1CCc2sccc2C1. The van der Waals surface area contributed by atoms with Gasteiger partial charge in [0.05, 0.1) is 0 Å². The highest BCUT2D eigenvalue weighted by Crippen LogP contribution is 2.29. The zero-order chi connectivity index (χ0) is 11.7. The molecule has 0 saturated heterocycles. The predicted octanol–water partition coefficient (Wildman–Crippen LogP) is 3.21. The van der Waals surface area contributed by atoms with E-state index < -0.39 is 0 Å². The van der Waals surface area contributed by atoms with Gasteiger partial charge in [0, 0.05) is 23.9 Å². The Kier molecular flexibility index (Phi) is 3.19. The minimum Gasteiger partial charge on any atom is -0.338 e. The minimum absolute atomic E-state index is 0.323. The number of carbonyl (C=O) groups excluding carboxylic acids is 1. The van der Waals surface area contributed by atoms with Gasteiger partial charge in [-0.3, -0.25) is 4.79 Å². The number of hydrogen-bond acceptors (Lipinski definition) is 2. The summed E-state index contributed by atoms with van der Waals surface area (Å²) in [5.74, 6) is 0.741. The molecule has 1 aliphatic heterocycles. The second kappa shape index (κ2) is 4.81. The van der Waals surface area contributed by atoms with Crippen molar-refractivity contribution in [2.75, 3.05) is 6.54 Å². The minimum atomic E-state index is 0.323. The summed E-state index contributed by atoms with van der Waals surface area (Å²) in [5.41, 5.74) is 1.38. The van der Waals surface area contributed by atoms with Gasteiger partial charge >= 0.3 is 0 Å². The van der Waals surface area contributed by atoms with Crippen LogP contribution >= 0.6 is 11.3 Å². The van der Waals surface area contributed by atoms with Gasteiger partial charge < -0.3 is 4.90 Å². The lowest BCUT2D eigenvalue weighted by atomic mass is 9.88. The van der Waals surface area contributed by atoms with Crippen LogP contribution in [0.1, 0.15) is 42.5 Å². The van der Waals surface area contributed by atoms with E-state index in [9.17, 15) is 4.79 Å². The summed E-state index contributed by atoms with van der Waals surface area (Å²) >= 11 is 1.84. The fraction of sp³-hybridized carbons (Fsp3) is 0.643. The van der Waals surface area contributed by atoms with Gasteiger partial charge in [0.25, 0.3) is 0 Å². The van der Waals surface area contributed by atoms with E-state index in [4.69, 9.17) is 0 Å². The molecule has 92 valence electrons. The number of carbonyl (C=O) groups is 1. The fourth-order valence-corrected chi connectivity index (χ4v) is 3.93. The van der Waals surface area contributed by atoms with Crippen LogP contribution in [0.5, 0.6) is 0 Å². The van der Waals surface area contributed by atoms with E-state index in [2.05, 4.69) is 16.3 Å². The van der Waals surface area contributed by atoms with Gasteiger partial charge in [-0.15, -0.1) is 11.3 Å². The van der Waals surface area contributed by atoms with Crippen molar-refractivity contribution in [2.45, 2.75) is 45.1 Å². The van der Waals surface area contributed by atoms with Crippen molar-refractivity contribution in [3.8, 4) is 0 Å². The lowest BCUT2D eigenvalue weighted by Gasteiger charge is -2.32. The van der Waals surface area contributed by atoms with E-state index in [-0.39, 0.29) is 0 Å². The third-order valence-corrected chi connectivity index (χ3v) is 5.10. The smallest absolute Gasteiger partial charge is 0.225 e. The second-order valence-corrected chi connectivity index (χ2v) is 6.21. The van der Waals surface area contributed by atoms with Crippen LogP contribution in [0.4, 0.5) is 0 Å². The molecular formula is C14H19NOS. The standard InChI is InChI=1S/C14H19NOS/c16-14(11-4-2-1-3-5-11)15-8-6-13-12(10-15)7-9-17-13/h7,9,11H,1-6,8,10H2. The third-order valence-electron chi connectivity index (χ3n) is 4.07. The van der Waals surface area contributed by atoms with Crippen LogP contribution in [0.25, 0.3) is 0 Å². The van der Waals surface area contributed by atoms with Crippen LogP contribution in [0.15, 0.2) is 11.4 Å². The van der Waals surface area contributed by atoms with Crippen molar-refractivity contribution in [3.63, 3.8) is 0 Å². The monoisotopic (exact) mass is 249 g/mol. The largest absolute Gasteiger partial charge is 0.338 e. The average molecular weight is 249 g/mol. The molecule has 2 heterocycles. The Hall–Kier alpha value is -0.830. The van der Waals surface area contributed by atoms with E-state index in [1.54, 1.807) is 0 Å². The number of hydrogen-bond donors (Lipinski definition) is 0. The van der Waals surface area contributed by atoms with Crippen LogP contribution in [0.2, 0.25) is 0 Å². The molecule has 1 aliphatic carbocycles. The molecular weight excluding hydrogens is 230 g/mol. The molecule has 0 unspecified atom stereocenters. The Bertz CT molecular complexity index is 406. The van der Waals surface area contributed by atoms with Crippen molar-refractivity contribution in [2.24, 2.45) is 5.92 Å². The second-order valence-electron chi connectivity index (χ2n) is 5.21. The van der Waals surface area contributed by atoms with E-state index >= 15 is 0 Å². The molecule has 1 fully saturated rings.